The fourth-order valence-corrected chi connectivity index (χ4v) is 4.25. The first-order valence-electron chi connectivity index (χ1n) is 9.68. The molecule has 0 spiro atoms. The smallest absolute Gasteiger partial charge is 0.254 e. The minimum absolute atomic E-state index is 0. The van der Waals surface area contributed by atoms with Gasteiger partial charge in [-0.2, -0.15) is 0 Å². The van der Waals surface area contributed by atoms with Crippen LogP contribution in [0, 0.1) is 5.92 Å². The van der Waals surface area contributed by atoms with E-state index in [4.69, 9.17) is 0 Å². The number of hydrogen-bond acceptors (Lipinski definition) is 5. The molecule has 148 valence electrons. The Hall–Kier alpha value is -2.28. The van der Waals surface area contributed by atoms with E-state index in [1.54, 1.807) is 0 Å². The van der Waals surface area contributed by atoms with E-state index in [1.807, 2.05) is 0 Å². The monoisotopic (exact) mass is 375 g/mol. The molecular weight excluding hydrogens is 346 g/mol. The van der Waals surface area contributed by atoms with Crippen LogP contribution in [-0.2, 0) is 19.2 Å². The molecule has 7 nitrogen and oxygen atoms in total. The Morgan fingerprint density at radius 1 is 0.778 bits per heavy atom. The van der Waals surface area contributed by atoms with E-state index in [9.17, 15) is 19.2 Å². The fourth-order valence-electron chi connectivity index (χ4n) is 4.25. The summed E-state index contributed by atoms with van der Waals surface area (Å²) in [4.78, 5) is 46.2. The quantitative estimate of drug-likeness (QED) is 0.719. The number of hydrogen-bond donors (Lipinski definition) is 2. The number of nitrogens with one attached hydrogen (secondary N) is 1. The third kappa shape index (κ3) is 5.13. The second kappa shape index (κ2) is 9.60. The zero-order chi connectivity index (χ0) is 18.5. The van der Waals surface area contributed by atoms with E-state index in [1.165, 1.54) is 48.8 Å². The molecule has 27 heavy (non-hydrogen) atoms. The summed E-state index contributed by atoms with van der Waals surface area (Å²) < 4.78 is 0. The molecule has 0 radical (unpaired) electrons. The number of carbonyl (C=O) groups is 4. The summed E-state index contributed by atoms with van der Waals surface area (Å²) in [6.45, 7) is 0. The lowest BCUT2D eigenvalue weighted by molar-refractivity contribution is -0.140. The topological polar surface area (TPSA) is 119 Å². The summed E-state index contributed by atoms with van der Waals surface area (Å²) in [5.41, 5.74) is 0.713. The molecule has 2 heterocycles. The fraction of sp³-hybridized carbons (Fsp3) is 0.600. The van der Waals surface area contributed by atoms with Crippen molar-refractivity contribution in [3.8, 4) is 0 Å². The Morgan fingerprint density at radius 3 is 1.78 bits per heavy atom. The summed E-state index contributed by atoms with van der Waals surface area (Å²) in [5, 5.41) is 2.29. The second-order valence-corrected chi connectivity index (χ2v) is 7.42. The molecule has 4 aliphatic rings. The van der Waals surface area contributed by atoms with Crippen molar-refractivity contribution in [1.82, 2.24) is 16.4 Å². The van der Waals surface area contributed by atoms with E-state index in [0.29, 0.717) is 11.5 Å². The van der Waals surface area contributed by atoms with Crippen LogP contribution < -0.4 is 11.5 Å². The van der Waals surface area contributed by atoms with E-state index in [2.05, 4.69) is 5.32 Å². The third-order valence-corrected chi connectivity index (χ3v) is 5.61. The van der Waals surface area contributed by atoms with Gasteiger partial charge in [0.2, 0.25) is 0 Å². The van der Waals surface area contributed by atoms with Gasteiger partial charge < -0.3 is 6.15 Å². The highest BCUT2D eigenvalue weighted by Crippen LogP contribution is 2.30. The molecule has 2 aliphatic heterocycles. The van der Waals surface area contributed by atoms with Crippen molar-refractivity contribution in [1.29, 1.82) is 0 Å². The Bertz CT molecular complexity index is 635. The Kier molecular flexibility index (Phi) is 7.47. The van der Waals surface area contributed by atoms with Crippen LogP contribution in [0.1, 0.15) is 64.2 Å². The van der Waals surface area contributed by atoms with E-state index in [-0.39, 0.29) is 35.8 Å². The molecule has 2 aliphatic carbocycles. The Balaban J connectivity index is 0.000000187. The summed E-state index contributed by atoms with van der Waals surface area (Å²) in [6.07, 6.45) is 15.5. The number of amides is 4. The predicted octanol–water partition coefficient (Wildman–Crippen LogP) is 2.56. The molecule has 4 rings (SSSR count). The van der Waals surface area contributed by atoms with Gasteiger partial charge in [-0.15, -0.1) is 0 Å². The van der Waals surface area contributed by atoms with Gasteiger partial charge in [0.05, 0.1) is 0 Å². The van der Waals surface area contributed by atoms with Gasteiger partial charge in [-0.3, -0.25) is 29.4 Å². The summed E-state index contributed by atoms with van der Waals surface area (Å²) in [6, 6.07) is 0.170. The van der Waals surface area contributed by atoms with Crippen molar-refractivity contribution >= 4 is 23.6 Å². The normalized spacial score (nSPS) is 23.6. The van der Waals surface area contributed by atoms with Crippen LogP contribution in [-0.4, -0.2) is 34.6 Å². The molecule has 4 N–H and O–H groups in total. The van der Waals surface area contributed by atoms with Gasteiger partial charge in [0, 0.05) is 29.8 Å². The average molecular weight is 375 g/mol. The van der Waals surface area contributed by atoms with Crippen molar-refractivity contribution in [2.75, 3.05) is 0 Å². The third-order valence-electron chi connectivity index (χ3n) is 5.61. The summed E-state index contributed by atoms with van der Waals surface area (Å²) in [5.74, 6) is -0.337. The van der Waals surface area contributed by atoms with Crippen molar-refractivity contribution in [2.45, 2.75) is 70.3 Å². The van der Waals surface area contributed by atoms with Gasteiger partial charge in [-0.1, -0.05) is 38.5 Å². The first-order chi connectivity index (χ1) is 12.6. The number of imide groups is 2. The van der Waals surface area contributed by atoms with Gasteiger partial charge in [-0.05, 0) is 31.6 Å². The number of nitrogens with zero attached hydrogens (tertiary/aromatic N) is 1. The van der Waals surface area contributed by atoms with Crippen LogP contribution in [0.5, 0.6) is 0 Å². The lowest BCUT2D eigenvalue weighted by Crippen LogP contribution is -2.41. The van der Waals surface area contributed by atoms with Crippen LogP contribution in [0.2, 0.25) is 0 Å². The molecule has 0 aromatic rings. The van der Waals surface area contributed by atoms with Crippen molar-refractivity contribution < 1.29 is 19.2 Å². The molecular formula is C20H29N3O4. The first kappa shape index (κ1) is 21.0. The van der Waals surface area contributed by atoms with Crippen molar-refractivity contribution in [3.05, 3.63) is 23.8 Å². The molecule has 0 bridgehead atoms. The highest BCUT2D eigenvalue weighted by atomic mass is 16.2. The van der Waals surface area contributed by atoms with Gasteiger partial charge in [0.1, 0.15) is 0 Å². The number of rotatable bonds is 2. The number of carbonyl (C=O) groups excluding carboxylic acids is 4. The molecule has 7 heteroatoms. The first-order valence-corrected chi connectivity index (χ1v) is 9.68. The van der Waals surface area contributed by atoms with Crippen LogP contribution in [0.25, 0.3) is 0 Å². The lowest BCUT2D eigenvalue weighted by atomic mass is 9.84. The minimum atomic E-state index is -0.245. The zero-order valence-corrected chi connectivity index (χ0v) is 15.7. The van der Waals surface area contributed by atoms with Crippen LogP contribution in [0.15, 0.2) is 23.8 Å². The Morgan fingerprint density at radius 2 is 1.30 bits per heavy atom. The standard InChI is InChI=1S/2C10H13NO2.H3N/c12-9-6-7-10(13)11(9)8-4-2-1-3-5-8;12-9-6-8(10(13)11-9)7-4-2-1-3-5-7;/h6-8H,1-5H2;6-7H,1-5H2,(H,11,12,13);1H3. The van der Waals surface area contributed by atoms with Gasteiger partial charge in [0.15, 0.2) is 0 Å². The Labute approximate surface area is 159 Å². The van der Waals surface area contributed by atoms with E-state index >= 15 is 0 Å². The van der Waals surface area contributed by atoms with Crippen molar-refractivity contribution in [3.63, 3.8) is 0 Å². The van der Waals surface area contributed by atoms with Gasteiger partial charge in [0.25, 0.3) is 23.6 Å². The van der Waals surface area contributed by atoms with Gasteiger partial charge >= 0.3 is 0 Å². The zero-order valence-electron chi connectivity index (χ0n) is 15.7. The minimum Gasteiger partial charge on any atom is -0.344 e. The molecule has 0 aromatic heterocycles. The largest absolute Gasteiger partial charge is 0.344 e. The lowest BCUT2D eigenvalue weighted by Gasteiger charge is -2.29. The maximum atomic E-state index is 11.3. The molecule has 0 unspecified atom stereocenters. The van der Waals surface area contributed by atoms with Crippen LogP contribution in [0.3, 0.4) is 0 Å². The maximum Gasteiger partial charge on any atom is 0.254 e. The molecule has 4 amide bonds. The van der Waals surface area contributed by atoms with Crippen LogP contribution >= 0.6 is 0 Å². The van der Waals surface area contributed by atoms with E-state index in [0.717, 1.165) is 38.5 Å². The highest BCUT2D eigenvalue weighted by Gasteiger charge is 2.31. The summed E-state index contributed by atoms with van der Waals surface area (Å²) in [7, 11) is 0. The molecule has 0 aromatic carbocycles. The predicted molar refractivity (Wildman–Crippen MR) is 101 cm³/mol. The highest BCUT2D eigenvalue weighted by molar-refractivity contribution is 6.16. The van der Waals surface area contributed by atoms with E-state index < -0.39 is 0 Å². The molecule has 0 saturated heterocycles. The molecule has 0 atom stereocenters. The molecule has 2 fully saturated rings. The van der Waals surface area contributed by atoms with Crippen molar-refractivity contribution in [2.24, 2.45) is 5.92 Å². The SMILES string of the molecule is N.O=C1C=C(C2CCCCC2)C(=O)N1.O=C1C=CC(=O)N1C1CCCCC1. The maximum absolute atomic E-state index is 11.3. The van der Waals surface area contributed by atoms with Crippen LogP contribution in [0.4, 0.5) is 0 Å². The van der Waals surface area contributed by atoms with Gasteiger partial charge in [-0.25, -0.2) is 0 Å². The second-order valence-electron chi connectivity index (χ2n) is 7.42. The summed E-state index contributed by atoms with van der Waals surface area (Å²) >= 11 is 0. The average Bonchev–Trinajstić information content (AvgIpc) is 3.17. The molecule has 2 saturated carbocycles.